The maximum atomic E-state index is 13.0. The Bertz CT molecular complexity index is 1020. The molecule has 1 aromatic heterocycles. The Morgan fingerprint density at radius 3 is 2.59 bits per heavy atom. The SMILES string of the molecule is O=C(Nc1ccc(F)cc1)C1(c2cc(-c3ccc4c(c3)OCO4)on2)CC1. The summed E-state index contributed by atoms with van der Waals surface area (Å²) < 4.78 is 29.2. The van der Waals surface area contributed by atoms with Crippen molar-refractivity contribution in [2.45, 2.75) is 18.3 Å². The minimum absolute atomic E-state index is 0.167. The summed E-state index contributed by atoms with van der Waals surface area (Å²) >= 11 is 0. The normalized spacial score (nSPS) is 16.2. The van der Waals surface area contributed by atoms with Crippen molar-refractivity contribution in [1.82, 2.24) is 5.16 Å². The van der Waals surface area contributed by atoms with Crippen LogP contribution in [-0.2, 0) is 10.2 Å². The van der Waals surface area contributed by atoms with Gasteiger partial charge in [-0.1, -0.05) is 5.16 Å². The first-order chi connectivity index (χ1) is 13.1. The van der Waals surface area contributed by atoms with E-state index in [1.54, 1.807) is 6.07 Å². The van der Waals surface area contributed by atoms with E-state index in [2.05, 4.69) is 10.5 Å². The summed E-state index contributed by atoms with van der Waals surface area (Å²) in [6, 6.07) is 13.0. The van der Waals surface area contributed by atoms with Gasteiger partial charge >= 0.3 is 0 Å². The Kier molecular flexibility index (Phi) is 3.43. The highest BCUT2D eigenvalue weighted by Gasteiger charge is 2.53. The lowest BCUT2D eigenvalue weighted by molar-refractivity contribution is -0.118. The third kappa shape index (κ3) is 2.71. The lowest BCUT2D eigenvalue weighted by Crippen LogP contribution is -2.28. The number of carbonyl (C=O) groups excluding carboxylic acids is 1. The number of halogens is 1. The van der Waals surface area contributed by atoms with Crippen LogP contribution in [0.1, 0.15) is 18.5 Å². The van der Waals surface area contributed by atoms with E-state index in [9.17, 15) is 9.18 Å². The van der Waals surface area contributed by atoms with Crippen molar-refractivity contribution in [3.8, 4) is 22.8 Å². The molecule has 0 spiro atoms. The van der Waals surface area contributed by atoms with Crippen LogP contribution in [0, 0.1) is 5.82 Å². The number of anilines is 1. The Morgan fingerprint density at radius 1 is 1.04 bits per heavy atom. The second-order valence-corrected chi connectivity index (χ2v) is 6.69. The van der Waals surface area contributed by atoms with E-state index in [1.165, 1.54) is 24.3 Å². The Hall–Kier alpha value is -3.35. The largest absolute Gasteiger partial charge is 0.454 e. The minimum atomic E-state index is -0.702. The van der Waals surface area contributed by atoms with Crippen LogP contribution in [0.15, 0.2) is 53.1 Å². The number of aromatic nitrogens is 1. The van der Waals surface area contributed by atoms with Crippen LogP contribution in [0.5, 0.6) is 11.5 Å². The second kappa shape index (κ2) is 5.84. The number of hydrogen-bond donors (Lipinski definition) is 1. The van der Waals surface area contributed by atoms with E-state index in [1.807, 2.05) is 18.2 Å². The molecule has 0 unspecified atom stereocenters. The van der Waals surface area contributed by atoms with E-state index in [0.29, 0.717) is 41.5 Å². The number of hydrogen-bond acceptors (Lipinski definition) is 5. The second-order valence-electron chi connectivity index (χ2n) is 6.69. The maximum absolute atomic E-state index is 13.0. The van der Waals surface area contributed by atoms with Crippen molar-refractivity contribution >= 4 is 11.6 Å². The number of fused-ring (bicyclic) bond motifs is 1. The molecule has 2 aromatic carbocycles. The molecule has 27 heavy (non-hydrogen) atoms. The number of rotatable bonds is 4. The van der Waals surface area contributed by atoms with Gasteiger partial charge in [-0.05, 0) is 55.3 Å². The van der Waals surface area contributed by atoms with Gasteiger partial charge in [-0.3, -0.25) is 4.79 Å². The van der Waals surface area contributed by atoms with E-state index >= 15 is 0 Å². The summed E-state index contributed by atoms with van der Waals surface area (Å²) in [6.07, 6.45) is 1.38. The third-order valence-corrected chi connectivity index (χ3v) is 4.94. The molecule has 0 saturated heterocycles. The summed E-state index contributed by atoms with van der Waals surface area (Å²) in [5.41, 5.74) is 1.24. The molecule has 2 heterocycles. The van der Waals surface area contributed by atoms with Gasteiger partial charge in [0.15, 0.2) is 17.3 Å². The molecule has 6 nitrogen and oxygen atoms in total. The molecule has 1 fully saturated rings. The number of ether oxygens (including phenoxy) is 2. The topological polar surface area (TPSA) is 73.6 Å². The van der Waals surface area contributed by atoms with Crippen LogP contribution in [-0.4, -0.2) is 17.9 Å². The molecule has 1 N–H and O–H groups in total. The molecule has 136 valence electrons. The van der Waals surface area contributed by atoms with Crippen LogP contribution in [0.2, 0.25) is 0 Å². The summed E-state index contributed by atoms with van der Waals surface area (Å²) in [4.78, 5) is 12.8. The van der Waals surface area contributed by atoms with Crippen molar-refractivity contribution in [2.24, 2.45) is 0 Å². The molecule has 2 aliphatic rings. The molecule has 1 aliphatic heterocycles. The van der Waals surface area contributed by atoms with Gasteiger partial charge in [0, 0.05) is 17.3 Å². The Morgan fingerprint density at radius 2 is 1.81 bits per heavy atom. The summed E-state index contributed by atoms with van der Waals surface area (Å²) in [5.74, 6) is 1.39. The fourth-order valence-corrected chi connectivity index (χ4v) is 3.20. The van der Waals surface area contributed by atoms with E-state index in [-0.39, 0.29) is 18.5 Å². The zero-order valence-electron chi connectivity index (χ0n) is 14.2. The predicted octanol–water partition coefficient (Wildman–Crippen LogP) is 3.88. The van der Waals surface area contributed by atoms with E-state index in [4.69, 9.17) is 14.0 Å². The van der Waals surface area contributed by atoms with Crippen LogP contribution in [0.25, 0.3) is 11.3 Å². The van der Waals surface area contributed by atoms with Crippen LogP contribution in [0.4, 0.5) is 10.1 Å². The molecule has 1 saturated carbocycles. The molecular formula is C20H15FN2O4. The van der Waals surface area contributed by atoms with Crippen LogP contribution >= 0.6 is 0 Å². The van der Waals surface area contributed by atoms with Gasteiger partial charge in [-0.15, -0.1) is 0 Å². The van der Waals surface area contributed by atoms with Crippen LogP contribution < -0.4 is 14.8 Å². The Labute approximate surface area is 153 Å². The van der Waals surface area contributed by atoms with E-state index in [0.717, 1.165) is 5.56 Å². The van der Waals surface area contributed by atoms with Gasteiger partial charge in [0.25, 0.3) is 0 Å². The molecule has 1 amide bonds. The third-order valence-electron chi connectivity index (χ3n) is 4.94. The smallest absolute Gasteiger partial charge is 0.236 e. The number of nitrogens with one attached hydrogen (secondary N) is 1. The van der Waals surface area contributed by atoms with Gasteiger partial charge in [0.2, 0.25) is 12.7 Å². The maximum Gasteiger partial charge on any atom is 0.236 e. The first-order valence-corrected chi connectivity index (χ1v) is 8.58. The summed E-state index contributed by atoms with van der Waals surface area (Å²) in [6.45, 7) is 0.201. The molecule has 0 bridgehead atoms. The molecule has 7 heteroatoms. The average Bonchev–Trinajstić information content (AvgIpc) is 3.13. The van der Waals surface area contributed by atoms with Crippen molar-refractivity contribution < 1.29 is 23.2 Å². The van der Waals surface area contributed by atoms with Gasteiger partial charge in [0.05, 0.1) is 11.1 Å². The molecule has 3 aromatic rings. The first kappa shape index (κ1) is 15.9. The highest BCUT2D eigenvalue weighted by atomic mass is 19.1. The highest BCUT2D eigenvalue weighted by Crippen LogP contribution is 2.49. The van der Waals surface area contributed by atoms with Crippen molar-refractivity contribution in [2.75, 3.05) is 12.1 Å². The Balaban J connectivity index is 1.38. The van der Waals surface area contributed by atoms with Gasteiger partial charge in [0.1, 0.15) is 5.82 Å². The van der Waals surface area contributed by atoms with Crippen LogP contribution in [0.3, 0.4) is 0 Å². The van der Waals surface area contributed by atoms with Crippen molar-refractivity contribution in [3.63, 3.8) is 0 Å². The fourth-order valence-electron chi connectivity index (χ4n) is 3.20. The lowest BCUT2D eigenvalue weighted by atomic mass is 10.00. The predicted molar refractivity (Wildman–Crippen MR) is 94.0 cm³/mol. The van der Waals surface area contributed by atoms with Gasteiger partial charge in [-0.25, -0.2) is 4.39 Å². The number of carbonyl (C=O) groups is 1. The zero-order chi connectivity index (χ0) is 18.4. The quantitative estimate of drug-likeness (QED) is 0.759. The first-order valence-electron chi connectivity index (χ1n) is 8.58. The highest BCUT2D eigenvalue weighted by molar-refractivity contribution is 6.01. The molecule has 5 rings (SSSR count). The summed E-state index contributed by atoms with van der Waals surface area (Å²) in [5, 5.41) is 6.96. The van der Waals surface area contributed by atoms with Gasteiger partial charge in [-0.2, -0.15) is 0 Å². The monoisotopic (exact) mass is 366 g/mol. The number of nitrogens with zero attached hydrogens (tertiary/aromatic N) is 1. The minimum Gasteiger partial charge on any atom is -0.454 e. The van der Waals surface area contributed by atoms with E-state index < -0.39 is 5.41 Å². The standard InChI is InChI=1S/C20H15FN2O4/c21-13-2-4-14(5-3-13)22-19(24)20(7-8-20)18-10-16(27-23-18)12-1-6-15-17(9-12)26-11-25-15/h1-6,9-10H,7-8,11H2,(H,22,24). The molecule has 1 aliphatic carbocycles. The molecule has 0 radical (unpaired) electrons. The summed E-state index contributed by atoms with van der Waals surface area (Å²) in [7, 11) is 0. The molecular weight excluding hydrogens is 351 g/mol. The number of amides is 1. The van der Waals surface area contributed by atoms with Crippen molar-refractivity contribution in [3.05, 3.63) is 60.0 Å². The zero-order valence-corrected chi connectivity index (χ0v) is 14.2. The number of benzene rings is 2. The average molecular weight is 366 g/mol. The fraction of sp³-hybridized carbons (Fsp3) is 0.200. The van der Waals surface area contributed by atoms with Gasteiger partial charge < -0.3 is 19.3 Å². The molecule has 0 atom stereocenters. The lowest BCUT2D eigenvalue weighted by Gasteiger charge is -2.12. The van der Waals surface area contributed by atoms with Crippen molar-refractivity contribution in [1.29, 1.82) is 0 Å².